The first-order chi connectivity index (χ1) is 11.3. The number of anilines is 1. The number of hydrogen-bond donors (Lipinski definition) is 0. The van der Waals surface area contributed by atoms with Crippen LogP contribution in [-0.4, -0.2) is 55.2 Å². The van der Waals surface area contributed by atoms with Gasteiger partial charge in [0.25, 0.3) is 5.91 Å². The van der Waals surface area contributed by atoms with Crippen LogP contribution in [0.4, 0.5) is 5.69 Å². The predicted octanol–water partition coefficient (Wildman–Crippen LogP) is 2.14. The normalized spacial score (nSPS) is 24.8. The minimum absolute atomic E-state index is 0.00422. The van der Waals surface area contributed by atoms with Gasteiger partial charge in [0.2, 0.25) is 0 Å². The van der Waals surface area contributed by atoms with Crippen molar-refractivity contribution in [2.45, 2.75) is 12.5 Å². The van der Waals surface area contributed by atoms with Crippen LogP contribution in [0.2, 0.25) is 0 Å². The zero-order valence-electron chi connectivity index (χ0n) is 13.4. The SMILES string of the molecule is CN(C)c1ccc(/C=C2/SC(=S)N(C3CCS(=O)(=O)C3)C2=O)cc1. The molecule has 1 aromatic rings. The Morgan fingerprint density at radius 3 is 2.50 bits per heavy atom. The highest BCUT2D eigenvalue weighted by atomic mass is 32.2. The first kappa shape index (κ1) is 17.4. The minimum Gasteiger partial charge on any atom is -0.378 e. The van der Waals surface area contributed by atoms with Crippen molar-refractivity contribution < 1.29 is 13.2 Å². The van der Waals surface area contributed by atoms with Crippen LogP contribution in [0.15, 0.2) is 29.2 Å². The van der Waals surface area contributed by atoms with E-state index in [4.69, 9.17) is 12.2 Å². The van der Waals surface area contributed by atoms with Gasteiger partial charge in [-0.25, -0.2) is 8.42 Å². The Bertz CT molecular complexity index is 813. The third-order valence-electron chi connectivity index (χ3n) is 4.10. The first-order valence-corrected chi connectivity index (χ1v) is 10.6. The van der Waals surface area contributed by atoms with Gasteiger partial charge >= 0.3 is 0 Å². The number of carbonyl (C=O) groups excluding carboxylic acids is 1. The Labute approximate surface area is 151 Å². The Hall–Kier alpha value is -1.38. The molecule has 1 atom stereocenters. The molecular weight excluding hydrogens is 364 g/mol. The lowest BCUT2D eigenvalue weighted by Crippen LogP contribution is -2.39. The third-order valence-corrected chi connectivity index (χ3v) is 7.19. The van der Waals surface area contributed by atoms with Crippen LogP contribution in [0.5, 0.6) is 0 Å². The number of nitrogens with zero attached hydrogens (tertiary/aromatic N) is 2. The van der Waals surface area contributed by atoms with Crippen molar-refractivity contribution in [1.82, 2.24) is 4.90 Å². The lowest BCUT2D eigenvalue weighted by molar-refractivity contribution is -0.123. The van der Waals surface area contributed by atoms with E-state index in [2.05, 4.69) is 0 Å². The number of thioether (sulfide) groups is 1. The summed E-state index contributed by atoms with van der Waals surface area (Å²) in [6.45, 7) is 0. The molecule has 0 spiro atoms. The molecule has 1 amide bonds. The molecule has 2 aliphatic rings. The standard InChI is InChI=1S/C16H18N2O3S3/c1-17(2)12-5-3-11(4-6-12)9-14-15(19)18(16(22)23-14)13-7-8-24(20,21)10-13/h3-6,9,13H,7-8,10H2,1-2H3/b14-9+. The number of carbonyl (C=O) groups is 1. The second kappa shape index (κ2) is 6.50. The molecular formula is C16H18N2O3S3. The number of rotatable bonds is 3. The summed E-state index contributed by atoms with van der Waals surface area (Å²) in [5.74, 6) is -0.0619. The number of hydrogen-bond acceptors (Lipinski definition) is 6. The van der Waals surface area contributed by atoms with Gasteiger partial charge < -0.3 is 4.90 Å². The summed E-state index contributed by atoms with van der Waals surface area (Å²) in [7, 11) is 0.880. The number of benzene rings is 1. The smallest absolute Gasteiger partial charge is 0.266 e. The molecule has 2 aliphatic heterocycles. The van der Waals surface area contributed by atoms with Crippen molar-refractivity contribution >= 4 is 55.8 Å². The summed E-state index contributed by atoms with van der Waals surface area (Å²) < 4.78 is 23.8. The summed E-state index contributed by atoms with van der Waals surface area (Å²) >= 11 is 6.54. The molecule has 5 nitrogen and oxygen atoms in total. The maximum atomic E-state index is 12.6. The highest BCUT2D eigenvalue weighted by molar-refractivity contribution is 8.26. The van der Waals surface area contributed by atoms with E-state index in [1.54, 1.807) is 0 Å². The Morgan fingerprint density at radius 2 is 1.96 bits per heavy atom. The van der Waals surface area contributed by atoms with Crippen molar-refractivity contribution in [2.75, 3.05) is 30.5 Å². The second-order valence-corrected chi connectivity index (χ2v) is 10.00. The van der Waals surface area contributed by atoms with Crippen LogP contribution in [0.3, 0.4) is 0 Å². The summed E-state index contributed by atoms with van der Waals surface area (Å²) in [5, 5.41) is 0. The topological polar surface area (TPSA) is 57.7 Å². The molecule has 0 saturated carbocycles. The van der Waals surface area contributed by atoms with E-state index in [0.29, 0.717) is 15.6 Å². The van der Waals surface area contributed by atoms with Crippen LogP contribution in [0.25, 0.3) is 6.08 Å². The average molecular weight is 383 g/mol. The first-order valence-electron chi connectivity index (χ1n) is 7.52. The highest BCUT2D eigenvalue weighted by Gasteiger charge is 2.42. The van der Waals surface area contributed by atoms with Gasteiger partial charge in [0.05, 0.1) is 22.5 Å². The summed E-state index contributed by atoms with van der Waals surface area (Å²) in [6, 6.07) is 7.53. The molecule has 0 aliphatic carbocycles. The van der Waals surface area contributed by atoms with Crippen LogP contribution >= 0.6 is 24.0 Å². The van der Waals surface area contributed by atoms with Gasteiger partial charge in [0.1, 0.15) is 4.32 Å². The monoisotopic (exact) mass is 382 g/mol. The fourth-order valence-corrected chi connectivity index (χ4v) is 5.89. The molecule has 2 heterocycles. The van der Waals surface area contributed by atoms with E-state index < -0.39 is 9.84 Å². The van der Waals surface area contributed by atoms with E-state index in [1.165, 1.54) is 16.7 Å². The molecule has 0 bridgehead atoms. The van der Waals surface area contributed by atoms with Crippen molar-refractivity contribution in [3.63, 3.8) is 0 Å². The van der Waals surface area contributed by atoms with Crippen LogP contribution in [0, 0.1) is 0 Å². The van der Waals surface area contributed by atoms with Gasteiger partial charge in [-0.2, -0.15) is 0 Å². The highest BCUT2D eigenvalue weighted by Crippen LogP contribution is 2.36. The van der Waals surface area contributed by atoms with E-state index in [1.807, 2.05) is 49.3 Å². The molecule has 128 valence electrons. The molecule has 1 unspecified atom stereocenters. The van der Waals surface area contributed by atoms with E-state index in [0.717, 1.165) is 11.3 Å². The van der Waals surface area contributed by atoms with Crippen molar-refractivity contribution in [3.05, 3.63) is 34.7 Å². The number of amides is 1. The van der Waals surface area contributed by atoms with E-state index in [9.17, 15) is 13.2 Å². The zero-order chi connectivity index (χ0) is 17.5. The van der Waals surface area contributed by atoms with Gasteiger partial charge in [-0.1, -0.05) is 36.1 Å². The molecule has 24 heavy (non-hydrogen) atoms. The maximum Gasteiger partial charge on any atom is 0.266 e. The van der Waals surface area contributed by atoms with Crippen molar-refractivity contribution in [2.24, 2.45) is 0 Å². The zero-order valence-corrected chi connectivity index (χ0v) is 15.9. The maximum absolute atomic E-state index is 12.6. The largest absolute Gasteiger partial charge is 0.378 e. The molecule has 2 fully saturated rings. The number of thiocarbonyl (C=S) groups is 1. The third kappa shape index (κ3) is 3.50. The Balaban J connectivity index is 1.81. The molecule has 0 radical (unpaired) electrons. The lowest BCUT2D eigenvalue weighted by Gasteiger charge is -2.20. The minimum atomic E-state index is -3.06. The summed E-state index contributed by atoms with van der Waals surface area (Å²) in [4.78, 5) is 16.7. The van der Waals surface area contributed by atoms with Gasteiger partial charge in [0, 0.05) is 19.8 Å². The van der Waals surface area contributed by atoms with Crippen molar-refractivity contribution in [1.29, 1.82) is 0 Å². The molecule has 0 N–H and O–H groups in total. The van der Waals surface area contributed by atoms with Gasteiger partial charge in [-0.3, -0.25) is 9.69 Å². The molecule has 1 aromatic carbocycles. The van der Waals surface area contributed by atoms with Crippen LogP contribution in [0.1, 0.15) is 12.0 Å². The summed E-state index contributed by atoms with van der Waals surface area (Å²) in [5.41, 5.74) is 2.00. The van der Waals surface area contributed by atoms with Gasteiger partial charge in [-0.05, 0) is 30.2 Å². The van der Waals surface area contributed by atoms with Gasteiger partial charge in [-0.15, -0.1) is 0 Å². The average Bonchev–Trinajstić information content (AvgIpc) is 2.99. The van der Waals surface area contributed by atoms with Crippen molar-refractivity contribution in [3.8, 4) is 0 Å². The Kier molecular flexibility index (Phi) is 4.72. The lowest BCUT2D eigenvalue weighted by atomic mass is 10.1. The molecule has 8 heteroatoms. The molecule has 3 rings (SSSR count). The predicted molar refractivity (Wildman–Crippen MR) is 103 cm³/mol. The van der Waals surface area contributed by atoms with Gasteiger partial charge in [0.15, 0.2) is 9.84 Å². The Morgan fingerprint density at radius 1 is 1.29 bits per heavy atom. The number of sulfone groups is 1. The fraction of sp³-hybridized carbons (Fsp3) is 0.375. The van der Waals surface area contributed by atoms with Crippen LogP contribution < -0.4 is 4.90 Å². The molecule has 0 aromatic heterocycles. The summed E-state index contributed by atoms with van der Waals surface area (Å²) in [6.07, 6.45) is 2.27. The van der Waals surface area contributed by atoms with E-state index >= 15 is 0 Å². The quantitative estimate of drug-likeness (QED) is 0.590. The fourth-order valence-electron chi connectivity index (χ4n) is 2.79. The van der Waals surface area contributed by atoms with Crippen LogP contribution in [-0.2, 0) is 14.6 Å². The molecule has 2 saturated heterocycles. The second-order valence-electron chi connectivity index (χ2n) is 6.09. The van der Waals surface area contributed by atoms with E-state index in [-0.39, 0.29) is 23.5 Å².